The quantitative estimate of drug-likeness (QED) is 0.643. The molecule has 1 amide bonds. The third-order valence-electron chi connectivity index (χ3n) is 7.04. The van der Waals surface area contributed by atoms with Gasteiger partial charge in [-0.05, 0) is 55.9 Å². The molecule has 0 radical (unpaired) electrons. The smallest absolute Gasteiger partial charge is 0.237 e. The van der Waals surface area contributed by atoms with Crippen molar-refractivity contribution in [3.8, 4) is 5.75 Å². The maximum atomic E-state index is 13.3. The number of hydrogen-bond donors (Lipinski definition) is 1. The highest BCUT2D eigenvalue weighted by molar-refractivity contribution is 6.08. The summed E-state index contributed by atoms with van der Waals surface area (Å²) >= 11 is 0. The van der Waals surface area contributed by atoms with Crippen molar-refractivity contribution in [2.45, 2.75) is 31.3 Å². The Bertz CT molecular complexity index is 1120. The molecule has 2 heterocycles. The molecule has 32 heavy (non-hydrogen) atoms. The maximum Gasteiger partial charge on any atom is 0.237 e. The van der Waals surface area contributed by atoms with E-state index >= 15 is 0 Å². The highest BCUT2D eigenvalue weighted by Gasteiger charge is 2.51. The molecule has 1 N–H and O–H groups in total. The van der Waals surface area contributed by atoms with Crippen molar-refractivity contribution < 1.29 is 14.6 Å². The van der Waals surface area contributed by atoms with Crippen LogP contribution in [0.2, 0.25) is 0 Å². The summed E-state index contributed by atoms with van der Waals surface area (Å²) in [4.78, 5) is 17.5. The van der Waals surface area contributed by atoms with Crippen molar-refractivity contribution in [3.05, 3.63) is 72.3 Å². The molecule has 1 atom stereocenters. The van der Waals surface area contributed by atoms with Gasteiger partial charge in [-0.1, -0.05) is 54.6 Å². The minimum absolute atomic E-state index is 0.237. The van der Waals surface area contributed by atoms with Crippen LogP contribution in [0.5, 0.6) is 5.75 Å². The van der Waals surface area contributed by atoms with Gasteiger partial charge in [-0.3, -0.25) is 4.79 Å². The van der Waals surface area contributed by atoms with Gasteiger partial charge in [0.1, 0.15) is 18.5 Å². The number of β-amino-alcohol motifs (C(OH)–C–C–N with tert-alkyl or cyclic N) is 1. The summed E-state index contributed by atoms with van der Waals surface area (Å²) < 4.78 is 5.97. The first kappa shape index (κ1) is 21.0. The zero-order valence-electron chi connectivity index (χ0n) is 18.5. The van der Waals surface area contributed by atoms with E-state index in [2.05, 4.69) is 29.2 Å². The van der Waals surface area contributed by atoms with Crippen molar-refractivity contribution in [3.63, 3.8) is 0 Å². The van der Waals surface area contributed by atoms with Crippen LogP contribution in [0.25, 0.3) is 10.8 Å². The Morgan fingerprint density at radius 3 is 2.53 bits per heavy atom. The van der Waals surface area contributed by atoms with Gasteiger partial charge in [0.15, 0.2) is 0 Å². The molecule has 1 unspecified atom stereocenters. The molecular weight excluding hydrogens is 400 g/mol. The molecule has 166 valence electrons. The van der Waals surface area contributed by atoms with Gasteiger partial charge in [0, 0.05) is 24.2 Å². The van der Waals surface area contributed by atoms with Gasteiger partial charge in [-0.25, -0.2) is 0 Å². The lowest BCUT2D eigenvalue weighted by molar-refractivity contribution is -0.125. The molecule has 1 fully saturated rings. The standard InChI is InChI=1S/C27H30N2O3/c1-2-29-24-12-6-5-11-23(24)27(26(29)31)14-16-28(17-15-27)18-21(30)19-32-25-13-7-9-20-8-3-4-10-22(20)25/h3-13,21,30H,2,14-19H2,1H3. The van der Waals surface area contributed by atoms with E-state index < -0.39 is 11.5 Å². The number of rotatable bonds is 6. The number of piperidine rings is 1. The molecule has 3 aromatic carbocycles. The lowest BCUT2D eigenvalue weighted by atomic mass is 9.73. The lowest BCUT2D eigenvalue weighted by Crippen LogP contribution is -2.50. The van der Waals surface area contributed by atoms with E-state index in [1.165, 1.54) is 5.56 Å². The largest absolute Gasteiger partial charge is 0.490 e. The number of hydrogen-bond acceptors (Lipinski definition) is 4. The Labute approximate surface area is 189 Å². The fourth-order valence-corrected chi connectivity index (χ4v) is 5.37. The molecule has 0 bridgehead atoms. The summed E-state index contributed by atoms with van der Waals surface area (Å²) in [6.45, 7) is 5.13. The molecule has 2 aliphatic heterocycles. The number of anilines is 1. The predicted molar refractivity (Wildman–Crippen MR) is 127 cm³/mol. The van der Waals surface area contributed by atoms with E-state index in [-0.39, 0.29) is 12.5 Å². The van der Waals surface area contributed by atoms with Gasteiger partial charge in [0.05, 0.1) is 5.41 Å². The van der Waals surface area contributed by atoms with Crippen LogP contribution in [0.1, 0.15) is 25.3 Å². The Kier molecular flexibility index (Phi) is 5.62. The minimum Gasteiger partial charge on any atom is -0.490 e. The van der Waals surface area contributed by atoms with Crippen LogP contribution in [-0.4, -0.2) is 54.8 Å². The van der Waals surface area contributed by atoms with E-state index in [9.17, 15) is 9.90 Å². The van der Waals surface area contributed by atoms with Crippen LogP contribution in [0.4, 0.5) is 5.69 Å². The zero-order valence-corrected chi connectivity index (χ0v) is 18.5. The summed E-state index contributed by atoms with van der Waals surface area (Å²) in [7, 11) is 0. The van der Waals surface area contributed by atoms with Crippen LogP contribution in [0.3, 0.4) is 0 Å². The number of likely N-dealkylation sites (N-methyl/N-ethyl adjacent to an activating group) is 1. The number of benzene rings is 3. The first-order chi connectivity index (χ1) is 15.6. The second-order valence-electron chi connectivity index (χ2n) is 8.89. The Balaban J connectivity index is 1.21. The fourth-order valence-electron chi connectivity index (χ4n) is 5.37. The Hall–Kier alpha value is -2.89. The number of aliphatic hydroxyl groups is 1. The van der Waals surface area contributed by atoms with Crippen LogP contribution in [0.15, 0.2) is 66.7 Å². The van der Waals surface area contributed by atoms with Crippen molar-refractivity contribution in [2.75, 3.05) is 37.7 Å². The number of para-hydroxylation sites is 1. The van der Waals surface area contributed by atoms with Crippen LogP contribution < -0.4 is 9.64 Å². The van der Waals surface area contributed by atoms with Gasteiger partial charge in [-0.2, -0.15) is 0 Å². The number of carbonyl (C=O) groups is 1. The summed E-state index contributed by atoms with van der Waals surface area (Å²) in [5.74, 6) is 1.04. The molecule has 1 spiro atoms. The molecule has 0 aromatic heterocycles. The fraction of sp³-hybridized carbons (Fsp3) is 0.370. The van der Waals surface area contributed by atoms with Crippen LogP contribution in [0, 0.1) is 0 Å². The van der Waals surface area contributed by atoms with E-state index in [0.29, 0.717) is 13.1 Å². The highest BCUT2D eigenvalue weighted by Crippen LogP contribution is 2.47. The Morgan fingerprint density at radius 1 is 1.00 bits per heavy atom. The van der Waals surface area contributed by atoms with Gasteiger partial charge in [-0.15, -0.1) is 0 Å². The minimum atomic E-state index is -0.582. The second kappa shape index (κ2) is 8.57. The van der Waals surface area contributed by atoms with Gasteiger partial charge < -0.3 is 19.6 Å². The highest BCUT2D eigenvalue weighted by atomic mass is 16.5. The second-order valence-corrected chi connectivity index (χ2v) is 8.89. The summed E-state index contributed by atoms with van der Waals surface area (Å²) in [6.07, 6.45) is 0.994. The molecule has 5 rings (SSSR count). The number of nitrogens with zero attached hydrogens (tertiary/aromatic N) is 2. The average molecular weight is 431 g/mol. The summed E-state index contributed by atoms with van der Waals surface area (Å²) in [5, 5.41) is 12.8. The van der Waals surface area contributed by atoms with Gasteiger partial charge in [0.25, 0.3) is 0 Å². The predicted octanol–water partition coefficient (Wildman–Crippen LogP) is 3.98. The van der Waals surface area contributed by atoms with Gasteiger partial charge in [0.2, 0.25) is 5.91 Å². The van der Waals surface area contributed by atoms with E-state index in [1.54, 1.807) is 0 Å². The lowest BCUT2D eigenvalue weighted by Gasteiger charge is -2.39. The molecule has 1 saturated heterocycles. The van der Waals surface area contributed by atoms with Gasteiger partial charge >= 0.3 is 0 Å². The first-order valence-electron chi connectivity index (χ1n) is 11.5. The van der Waals surface area contributed by atoms with Crippen LogP contribution >= 0.6 is 0 Å². The molecule has 5 nitrogen and oxygen atoms in total. The van der Waals surface area contributed by atoms with Crippen LogP contribution in [-0.2, 0) is 10.2 Å². The average Bonchev–Trinajstić information content (AvgIpc) is 3.06. The van der Waals surface area contributed by atoms with E-state index in [0.717, 1.165) is 48.1 Å². The molecule has 0 aliphatic carbocycles. The molecule has 0 saturated carbocycles. The zero-order chi connectivity index (χ0) is 22.1. The number of amides is 1. The number of fused-ring (bicyclic) bond motifs is 3. The van der Waals surface area contributed by atoms with Crippen molar-refractivity contribution in [2.24, 2.45) is 0 Å². The topological polar surface area (TPSA) is 53.0 Å². The monoisotopic (exact) mass is 430 g/mol. The van der Waals surface area contributed by atoms with E-state index in [1.807, 2.05) is 54.3 Å². The third kappa shape index (κ3) is 3.55. The summed E-state index contributed by atoms with van der Waals surface area (Å²) in [5.41, 5.74) is 1.83. The SMILES string of the molecule is CCN1C(=O)C2(CCN(CC(O)COc3cccc4ccccc34)CC2)c2ccccc21. The Morgan fingerprint density at radius 2 is 1.72 bits per heavy atom. The number of aliphatic hydroxyl groups excluding tert-OH is 1. The molecule has 2 aliphatic rings. The normalized spacial score (nSPS) is 18.8. The maximum absolute atomic E-state index is 13.3. The van der Waals surface area contributed by atoms with E-state index in [4.69, 9.17) is 4.74 Å². The molecule has 5 heteroatoms. The number of carbonyl (C=O) groups excluding carboxylic acids is 1. The third-order valence-corrected chi connectivity index (χ3v) is 7.04. The number of likely N-dealkylation sites (tertiary alicyclic amines) is 1. The summed E-state index contributed by atoms with van der Waals surface area (Å²) in [6, 6.07) is 22.3. The van der Waals surface area contributed by atoms with Crippen molar-refractivity contribution in [1.29, 1.82) is 0 Å². The first-order valence-corrected chi connectivity index (χ1v) is 11.5. The van der Waals surface area contributed by atoms with Crippen molar-refractivity contribution in [1.82, 2.24) is 4.90 Å². The van der Waals surface area contributed by atoms with Crippen molar-refractivity contribution >= 4 is 22.4 Å². The molecular formula is C27H30N2O3. The molecule has 3 aromatic rings. The number of ether oxygens (including phenoxy) is 1.